The van der Waals surface area contributed by atoms with Crippen LogP contribution in [0.3, 0.4) is 0 Å². The molecule has 0 rings (SSSR count). The Labute approximate surface area is 87.6 Å². The van der Waals surface area contributed by atoms with Crippen LogP contribution < -0.4 is 0 Å². The van der Waals surface area contributed by atoms with E-state index in [0.29, 0.717) is 6.61 Å². The summed E-state index contributed by atoms with van der Waals surface area (Å²) >= 11 is 0. The Morgan fingerprint density at radius 2 is 1.93 bits per heavy atom. The van der Waals surface area contributed by atoms with Crippen LogP contribution in [0.4, 0.5) is 0 Å². The van der Waals surface area contributed by atoms with E-state index in [1.807, 2.05) is 0 Å². The number of aliphatic hydroxyl groups excluding tert-OH is 1. The summed E-state index contributed by atoms with van der Waals surface area (Å²) in [5.74, 6) is 0. The van der Waals surface area contributed by atoms with E-state index in [2.05, 4.69) is 20.4 Å². The molecule has 0 heterocycles. The van der Waals surface area contributed by atoms with Gasteiger partial charge >= 0.3 is 0 Å². The summed E-state index contributed by atoms with van der Waals surface area (Å²) in [7, 11) is 0. The second-order valence-corrected chi connectivity index (χ2v) is 3.51. The maximum Gasteiger partial charge on any atom is 0.102 e. The molecule has 0 atom stereocenters. The van der Waals surface area contributed by atoms with Crippen LogP contribution in [-0.2, 0) is 4.74 Å². The molecule has 3 heteroatoms. The van der Waals surface area contributed by atoms with Crippen molar-refractivity contribution in [3.63, 3.8) is 0 Å². The highest BCUT2D eigenvalue weighted by Crippen LogP contribution is 2.05. The molecule has 0 saturated heterocycles. The fourth-order valence-electron chi connectivity index (χ4n) is 1.60. The van der Waals surface area contributed by atoms with Crippen LogP contribution in [0.2, 0.25) is 0 Å². The Bertz CT molecular complexity index is 144. The molecule has 3 nitrogen and oxygen atoms in total. The van der Waals surface area contributed by atoms with Gasteiger partial charge in [0.05, 0.1) is 32.9 Å². The predicted octanol–water partition coefficient (Wildman–Crippen LogP) is 1.04. The van der Waals surface area contributed by atoms with Crippen molar-refractivity contribution in [3.05, 3.63) is 12.7 Å². The summed E-state index contributed by atoms with van der Waals surface area (Å²) in [6, 6.07) is 0. The van der Waals surface area contributed by atoms with E-state index < -0.39 is 0 Å². The first-order valence-electron chi connectivity index (χ1n) is 5.39. The lowest BCUT2D eigenvalue weighted by Gasteiger charge is -2.36. The van der Waals surface area contributed by atoms with Gasteiger partial charge in [-0.15, -0.1) is 6.58 Å². The molecule has 0 fully saturated rings. The molecule has 14 heavy (non-hydrogen) atoms. The normalized spacial score (nSPS) is 11.6. The SMILES string of the molecule is C=CCOCC[N+](CC)(CC)CCO. The van der Waals surface area contributed by atoms with Gasteiger partial charge in [0.2, 0.25) is 0 Å². The molecule has 84 valence electrons. The first-order valence-corrected chi connectivity index (χ1v) is 5.39. The van der Waals surface area contributed by atoms with Gasteiger partial charge in [0, 0.05) is 0 Å². The lowest BCUT2D eigenvalue weighted by Crippen LogP contribution is -2.51. The number of aliphatic hydroxyl groups is 1. The Balaban J connectivity index is 3.87. The number of hydrogen-bond acceptors (Lipinski definition) is 2. The minimum atomic E-state index is 0.253. The highest BCUT2D eigenvalue weighted by molar-refractivity contribution is 4.63. The van der Waals surface area contributed by atoms with E-state index in [1.165, 1.54) is 0 Å². The molecule has 0 unspecified atom stereocenters. The second kappa shape index (κ2) is 7.97. The van der Waals surface area contributed by atoms with Gasteiger partial charge < -0.3 is 14.3 Å². The molecule has 0 spiro atoms. The number of rotatable bonds is 9. The van der Waals surface area contributed by atoms with Crippen LogP contribution in [0.25, 0.3) is 0 Å². The summed E-state index contributed by atoms with van der Waals surface area (Å²) in [5.41, 5.74) is 0. The van der Waals surface area contributed by atoms with Gasteiger partial charge in [-0.1, -0.05) is 6.08 Å². The number of hydrogen-bond donors (Lipinski definition) is 1. The lowest BCUT2D eigenvalue weighted by molar-refractivity contribution is -0.925. The average Bonchev–Trinajstić information content (AvgIpc) is 2.23. The van der Waals surface area contributed by atoms with E-state index >= 15 is 0 Å². The van der Waals surface area contributed by atoms with E-state index in [0.717, 1.165) is 37.3 Å². The Morgan fingerprint density at radius 3 is 2.36 bits per heavy atom. The van der Waals surface area contributed by atoms with Crippen LogP contribution in [0, 0.1) is 0 Å². The summed E-state index contributed by atoms with van der Waals surface area (Å²) in [4.78, 5) is 0. The zero-order chi connectivity index (χ0) is 10.9. The standard InChI is InChI=1S/C11H24NO2/c1-4-10-14-11-8-12(5-2,6-3)7-9-13/h4,13H,1,5-11H2,2-3H3/q+1. The first-order chi connectivity index (χ1) is 6.74. The fraction of sp³-hybridized carbons (Fsp3) is 0.818. The molecular weight excluding hydrogens is 178 g/mol. The van der Waals surface area contributed by atoms with Crippen molar-refractivity contribution in [1.82, 2.24) is 0 Å². The average molecular weight is 202 g/mol. The topological polar surface area (TPSA) is 29.5 Å². The van der Waals surface area contributed by atoms with Gasteiger partial charge in [-0.25, -0.2) is 0 Å². The highest BCUT2D eigenvalue weighted by Gasteiger charge is 2.21. The Kier molecular flexibility index (Phi) is 7.76. The molecule has 0 amide bonds. The van der Waals surface area contributed by atoms with E-state index in [9.17, 15) is 0 Å². The Morgan fingerprint density at radius 1 is 1.29 bits per heavy atom. The third kappa shape index (κ3) is 4.74. The molecule has 0 radical (unpaired) electrons. The summed E-state index contributed by atoms with van der Waals surface area (Å²) < 4.78 is 6.31. The summed E-state index contributed by atoms with van der Waals surface area (Å²) in [5, 5.41) is 8.99. The smallest absolute Gasteiger partial charge is 0.102 e. The second-order valence-electron chi connectivity index (χ2n) is 3.51. The zero-order valence-electron chi connectivity index (χ0n) is 9.54. The molecular formula is C11H24NO2+. The van der Waals surface area contributed by atoms with Crippen LogP contribution in [-0.4, -0.2) is 55.6 Å². The fourth-order valence-corrected chi connectivity index (χ4v) is 1.60. The van der Waals surface area contributed by atoms with Crippen molar-refractivity contribution in [2.45, 2.75) is 13.8 Å². The molecule has 0 aromatic carbocycles. The molecule has 0 aliphatic carbocycles. The third-order valence-electron chi connectivity index (χ3n) is 2.86. The van der Waals surface area contributed by atoms with Gasteiger partial charge in [-0.05, 0) is 13.8 Å². The minimum Gasteiger partial charge on any atom is -0.391 e. The van der Waals surface area contributed by atoms with Crippen LogP contribution in [0.5, 0.6) is 0 Å². The monoisotopic (exact) mass is 202 g/mol. The molecule has 0 aliphatic heterocycles. The molecule has 0 aromatic heterocycles. The molecule has 0 bridgehead atoms. The van der Waals surface area contributed by atoms with Crippen molar-refractivity contribution in [1.29, 1.82) is 0 Å². The summed E-state index contributed by atoms with van der Waals surface area (Å²) in [6.45, 7) is 13.4. The zero-order valence-corrected chi connectivity index (χ0v) is 9.54. The molecule has 0 aromatic rings. The van der Waals surface area contributed by atoms with E-state index in [4.69, 9.17) is 9.84 Å². The maximum atomic E-state index is 8.99. The van der Waals surface area contributed by atoms with Crippen molar-refractivity contribution < 1.29 is 14.3 Å². The van der Waals surface area contributed by atoms with Gasteiger partial charge in [0.1, 0.15) is 13.1 Å². The largest absolute Gasteiger partial charge is 0.391 e. The number of nitrogens with zero attached hydrogens (tertiary/aromatic N) is 1. The predicted molar refractivity (Wildman–Crippen MR) is 59.2 cm³/mol. The molecule has 0 saturated carbocycles. The van der Waals surface area contributed by atoms with Crippen molar-refractivity contribution in [3.8, 4) is 0 Å². The van der Waals surface area contributed by atoms with Gasteiger partial charge in [0.15, 0.2) is 0 Å². The van der Waals surface area contributed by atoms with Crippen LogP contribution in [0.15, 0.2) is 12.7 Å². The minimum absolute atomic E-state index is 0.253. The molecule has 0 aliphatic rings. The van der Waals surface area contributed by atoms with Gasteiger partial charge in [-0.3, -0.25) is 0 Å². The highest BCUT2D eigenvalue weighted by atomic mass is 16.5. The molecule has 1 N–H and O–H groups in total. The number of likely N-dealkylation sites (N-methyl/N-ethyl adjacent to an activating group) is 1. The quantitative estimate of drug-likeness (QED) is 0.344. The Hall–Kier alpha value is -0.380. The number of quaternary nitrogens is 1. The van der Waals surface area contributed by atoms with Gasteiger partial charge in [-0.2, -0.15) is 0 Å². The van der Waals surface area contributed by atoms with Crippen molar-refractivity contribution >= 4 is 0 Å². The van der Waals surface area contributed by atoms with Crippen LogP contribution >= 0.6 is 0 Å². The van der Waals surface area contributed by atoms with Crippen molar-refractivity contribution in [2.75, 3.05) is 46.0 Å². The van der Waals surface area contributed by atoms with Gasteiger partial charge in [0.25, 0.3) is 0 Å². The lowest BCUT2D eigenvalue weighted by atomic mass is 10.3. The first kappa shape index (κ1) is 13.6. The maximum absolute atomic E-state index is 8.99. The van der Waals surface area contributed by atoms with Crippen molar-refractivity contribution in [2.24, 2.45) is 0 Å². The third-order valence-corrected chi connectivity index (χ3v) is 2.86. The van der Waals surface area contributed by atoms with E-state index in [1.54, 1.807) is 6.08 Å². The number of ether oxygens (including phenoxy) is 1. The van der Waals surface area contributed by atoms with E-state index in [-0.39, 0.29) is 6.61 Å². The summed E-state index contributed by atoms with van der Waals surface area (Å²) in [6.07, 6.45) is 1.76. The van der Waals surface area contributed by atoms with Crippen LogP contribution in [0.1, 0.15) is 13.8 Å².